The molecule has 0 spiro atoms. The first kappa shape index (κ1) is 15.9. The number of rotatable bonds is 7. The third-order valence-electron chi connectivity index (χ3n) is 3.21. The van der Waals surface area contributed by atoms with Crippen molar-refractivity contribution >= 4 is 46.1 Å². The zero-order chi connectivity index (χ0) is 14.5. The van der Waals surface area contributed by atoms with Crippen LogP contribution in [0.4, 0.5) is 0 Å². The maximum atomic E-state index is 6.00. The summed E-state index contributed by atoms with van der Waals surface area (Å²) in [6.45, 7) is 4.40. The average Bonchev–Trinajstić information content (AvgIpc) is 2.76. The molecule has 0 amide bonds. The fraction of sp³-hybridized carbons (Fsp3) is 0.571. The number of imidazole rings is 1. The van der Waals surface area contributed by atoms with Crippen molar-refractivity contribution in [1.29, 1.82) is 0 Å². The van der Waals surface area contributed by atoms with Gasteiger partial charge in [-0.15, -0.1) is 11.6 Å². The average molecular weight is 332 g/mol. The Labute approximate surface area is 134 Å². The summed E-state index contributed by atoms with van der Waals surface area (Å²) in [5.41, 5.74) is 1.76. The lowest BCUT2D eigenvalue weighted by Gasteiger charge is -2.16. The van der Waals surface area contributed by atoms with Crippen LogP contribution in [0, 0.1) is 0 Å². The highest BCUT2D eigenvalue weighted by atomic mass is 35.5. The van der Waals surface area contributed by atoms with Crippen LogP contribution in [0.15, 0.2) is 12.3 Å². The molecule has 1 unspecified atom stereocenters. The van der Waals surface area contributed by atoms with Crippen molar-refractivity contribution in [1.82, 2.24) is 14.5 Å². The third-order valence-corrected chi connectivity index (χ3v) is 4.54. The molecule has 110 valence electrons. The Morgan fingerprint density at radius 1 is 1.45 bits per heavy atom. The lowest BCUT2D eigenvalue weighted by atomic mass is 10.2. The summed E-state index contributed by atoms with van der Waals surface area (Å²) >= 11 is 13.9. The van der Waals surface area contributed by atoms with Crippen LogP contribution in [0.25, 0.3) is 11.2 Å². The minimum Gasteiger partial charge on any atom is -0.310 e. The summed E-state index contributed by atoms with van der Waals surface area (Å²) in [6, 6.07) is 2.23. The molecular weight excluding hydrogens is 313 g/mol. The predicted octanol–water partition coefficient (Wildman–Crippen LogP) is 4.57. The molecule has 20 heavy (non-hydrogen) atoms. The summed E-state index contributed by atoms with van der Waals surface area (Å²) in [6.07, 6.45) is 3.53. The molecule has 2 aromatic heterocycles. The number of thioether (sulfide) groups is 1. The van der Waals surface area contributed by atoms with Gasteiger partial charge in [0.1, 0.15) is 11.3 Å². The molecule has 2 aromatic rings. The maximum absolute atomic E-state index is 6.00. The Balaban J connectivity index is 2.34. The molecule has 2 rings (SSSR count). The topological polar surface area (TPSA) is 30.7 Å². The smallest absolute Gasteiger partial charge is 0.160 e. The molecule has 0 aliphatic carbocycles. The fourth-order valence-corrected chi connectivity index (χ4v) is 3.37. The zero-order valence-corrected chi connectivity index (χ0v) is 14.1. The lowest BCUT2D eigenvalue weighted by molar-refractivity contribution is 0.525. The molecule has 6 heteroatoms. The van der Waals surface area contributed by atoms with E-state index in [9.17, 15) is 0 Å². The van der Waals surface area contributed by atoms with Gasteiger partial charge in [-0.1, -0.05) is 18.5 Å². The van der Waals surface area contributed by atoms with Crippen molar-refractivity contribution in [2.24, 2.45) is 0 Å². The second-order valence-corrected chi connectivity index (χ2v) is 6.88. The molecule has 0 radical (unpaired) electrons. The number of pyridine rings is 1. The van der Waals surface area contributed by atoms with Gasteiger partial charge in [0.05, 0.1) is 5.02 Å². The Kier molecular flexibility index (Phi) is 6.00. The minimum absolute atomic E-state index is 0.367. The summed E-state index contributed by atoms with van der Waals surface area (Å²) in [7, 11) is 0. The van der Waals surface area contributed by atoms with Crippen LogP contribution in [0.1, 0.15) is 32.1 Å². The predicted molar refractivity (Wildman–Crippen MR) is 89.3 cm³/mol. The molecule has 0 bridgehead atoms. The maximum Gasteiger partial charge on any atom is 0.160 e. The second-order valence-electron chi connectivity index (χ2n) is 4.67. The first-order valence-corrected chi connectivity index (χ1v) is 8.90. The number of nitrogens with zero attached hydrogens (tertiary/aromatic N) is 3. The molecule has 0 saturated heterocycles. The van der Waals surface area contributed by atoms with Gasteiger partial charge >= 0.3 is 0 Å². The number of halogens is 2. The van der Waals surface area contributed by atoms with Crippen molar-refractivity contribution in [2.75, 3.05) is 17.4 Å². The van der Waals surface area contributed by atoms with Crippen molar-refractivity contribution in [2.45, 2.75) is 32.7 Å². The van der Waals surface area contributed by atoms with Gasteiger partial charge in [-0.25, -0.2) is 9.97 Å². The SMILES string of the molecule is CCSCCC(C)n1c(CCCl)nc2cc(Cl)cnc21. The molecule has 0 aliphatic rings. The van der Waals surface area contributed by atoms with E-state index in [4.69, 9.17) is 23.2 Å². The number of fused-ring (bicyclic) bond motifs is 1. The van der Waals surface area contributed by atoms with Gasteiger partial charge in [0.15, 0.2) is 5.65 Å². The van der Waals surface area contributed by atoms with Gasteiger partial charge in [-0.2, -0.15) is 11.8 Å². The molecule has 0 N–H and O–H groups in total. The number of alkyl halides is 1. The van der Waals surface area contributed by atoms with Crippen molar-refractivity contribution in [3.8, 4) is 0 Å². The van der Waals surface area contributed by atoms with Crippen LogP contribution in [0.5, 0.6) is 0 Å². The van der Waals surface area contributed by atoms with Crippen LogP contribution in [0.3, 0.4) is 0 Å². The van der Waals surface area contributed by atoms with Gasteiger partial charge in [-0.05, 0) is 30.9 Å². The Morgan fingerprint density at radius 2 is 2.25 bits per heavy atom. The van der Waals surface area contributed by atoms with E-state index in [1.807, 2.05) is 17.8 Å². The van der Waals surface area contributed by atoms with Crippen molar-refractivity contribution < 1.29 is 0 Å². The zero-order valence-electron chi connectivity index (χ0n) is 11.8. The lowest BCUT2D eigenvalue weighted by Crippen LogP contribution is -2.11. The number of aromatic nitrogens is 3. The summed E-state index contributed by atoms with van der Waals surface area (Å²) in [5, 5.41) is 0.619. The van der Waals surface area contributed by atoms with E-state index >= 15 is 0 Å². The highest BCUT2D eigenvalue weighted by Gasteiger charge is 2.16. The van der Waals surface area contributed by atoms with Gasteiger partial charge < -0.3 is 4.57 Å². The Bertz CT molecular complexity index is 571. The summed E-state index contributed by atoms with van der Waals surface area (Å²) < 4.78 is 2.21. The van der Waals surface area contributed by atoms with E-state index in [1.54, 1.807) is 6.20 Å². The van der Waals surface area contributed by atoms with Crippen molar-refractivity contribution in [3.05, 3.63) is 23.1 Å². The standard InChI is InChI=1S/C14H19Cl2N3S/c1-3-20-7-5-10(2)19-13(4-6-15)18-12-8-11(16)9-17-14(12)19/h8-10H,3-7H2,1-2H3. The van der Waals surface area contributed by atoms with Gasteiger partial charge in [0.25, 0.3) is 0 Å². The van der Waals surface area contributed by atoms with Crippen LogP contribution < -0.4 is 0 Å². The van der Waals surface area contributed by atoms with Crippen molar-refractivity contribution in [3.63, 3.8) is 0 Å². The van der Waals surface area contributed by atoms with E-state index in [-0.39, 0.29) is 0 Å². The summed E-state index contributed by atoms with van der Waals surface area (Å²) in [5.74, 6) is 3.86. The first-order chi connectivity index (χ1) is 9.67. The largest absolute Gasteiger partial charge is 0.310 e. The first-order valence-electron chi connectivity index (χ1n) is 6.83. The van der Waals surface area contributed by atoms with Crippen LogP contribution in [-0.4, -0.2) is 31.9 Å². The Hall–Kier alpha value is -0.450. The molecule has 0 fully saturated rings. The minimum atomic E-state index is 0.367. The highest BCUT2D eigenvalue weighted by Crippen LogP contribution is 2.25. The highest BCUT2D eigenvalue weighted by molar-refractivity contribution is 7.99. The second kappa shape index (κ2) is 7.53. The van der Waals surface area contributed by atoms with E-state index in [2.05, 4.69) is 28.4 Å². The van der Waals surface area contributed by atoms with E-state index in [1.165, 1.54) is 0 Å². The molecular formula is C14H19Cl2N3S. The van der Waals surface area contributed by atoms with E-state index < -0.39 is 0 Å². The van der Waals surface area contributed by atoms with Crippen LogP contribution in [0.2, 0.25) is 5.02 Å². The van der Waals surface area contributed by atoms with Gasteiger partial charge in [0.2, 0.25) is 0 Å². The van der Waals surface area contributed by atoms with Gasteiger partial charge in [0, 0.05) is 24.5 Å². The molecule has 0 aliphatic heterocycles. The van der Waals surface area contributed by atoms with Crippen LogP contribution in [-0.2, 0) is 6.42 Å². The number of hydrogen-bond donors (Lipinski definition) is 0. The molecule has 0 aromatic carbocycles. The Morgan fingerprint density at radius 3 is 2.95 bits per heavy atom. The summed E-state index contributed by atoms with van der Waals surface area (Å²) in [4.78, 5) is 9.09. The van der Waals surface area contributed by atoms with Gasteiger partial charge in [-0.3, -0.25) is 0 Å². The molecule has 3 nitrogen and oxygen atoms in total. The van der Waals surface area contributed by atoms with Crippen LogP contribution >= 0.6 is 35.0 Å². The van der Waals surface area contributed by atoms with E-state index in [0.29, 0.717) is 16.9 Å². The fourth-order valence-electron chi connectivity index (χ4n) is 2.26. The number of aryl methyl sites for hydroxylation is 1. The monoisotopic (exact) mass is 331 g/mol. The molecule has 1 atom stereocenters. The number of hydrogen-bond acceptors (Lipinski definition) is 3. The third kappa shape index (κ3) is 3.60. The molecule has 0 saturated carbocycles. The quantitative estimate of drug-likeness (QED) is 0.550. The van der Waals surface area contributed by atoms with E-state index in [0.717, 1.165) is 41.3 Å². The normalized spacial score (nSPS) is 13.0. The molecule has 2 heterocycles.